The number of methoxy groups -OCH3 is 1. The third kappa shape index (κ3) is 3.67. The summed E-state index contributed by atoms with van der Waals surface area (Å²) in [5.41, 5.74) is 1.64. The van der Waals surface area contributed by atoms with Crippen molar-refractivity contribution in [1.82, 2.24) is 19.9 Å². The maximum atomic E-state index is 12.9. The second kappa shape index (κ2) is 7.77. The molecule has 1 aliphatic heterocycles. The Kier molecular flexibility index (Phi) is 5.46. The van der Waals surface area contributed by atoms with Gasteiger partial charge in [-0.15, -0.1) is 5.10 Å². The van der Waals surface area contributed by atoms with Crippen LogP contribution in [-0.4, -0.2) is 68.1 Å². The first kappa shape index (κ1) is 18.2. The molecule has 0 radical (unpaired) electrons. The summed E-state index contributed by atoms with van der Waals surface area (Å²) in [6.45, 7) is 2.29. The largest absolute Gasteiger partial charge is 0.497 e. The molecule has 0 spiro atoms. The SMILES string of the molecule is COc1ccc(-n2nnc(C(=O)N3CCSCC3CC(=O)O)c2C)cc1. The van der Waals surface area contributed by atoms with Crippen LogP contribution >= 0.6 is 11.8 Å². The van der Waals surface area contributed by atoms with Crippen molar-refractivity contribution in [3.63, 3.8) is 0 Å². The van der Waals surface area contributed by atoms with Gasteiger partial charge in [0, 0.05) is 18.1 Å². The molecule has 1 amide bonds. The van der Waals surface area contributed by atoms with E-state index in [0.717, 1.165) is 17.2 Å². The fraction of sp³-hybridized carbons (Fsp3) is 0.412. The van der Waals surface area contributed by atoms with Crippen LogP contribution in [0.2, 0.25) is 0 Å². The van der Waals surface area contributed by atoms with Gasteiger partial charge in [-0.05, 0) is 31.2 Å². The number of carbonyl (C=O) groups excluding carboxylic acids is 1. The number of benzene rings is 1. The molecule has 1 aromatic carbocycles. The lowest BCUT2D eigenvalue weighted by Gasteiger charge is -2.34. The summed E-state index contributed by atoms with van der Waals surface area (Å²) >= 11 is 1.66. The molecule has 8 nitrogen and oxygen atoms in total. The topological polar surface area (TPSA) is 97.5 Å². The maximum Gasteiger partial charge on any atom is 0.305 e. The number of hydrogen-bond acceptors (Lipinski definition) is 6. The number of rotatable bonds is 5. The smallest absolute Gasteiger partial charge is 0.305 e. The molecule has 2 aromatic rings. The van der Waals surface area contributed by atoms with Crippen LogP contribution in [0.4, 0.5) is 0 Å². The van der Waals surface area contributed by atoms with Crippen LogP contribution < -0.4 is 4.74 Å². The third-order valence-electron chi connectivity index (χ3n) is 4.31. The molecule has 2 heterocycles. The number of carbonyl (C=O) groups is 2. The number of thioether (sulfide) groups is 1. The van der Waals surface area contributed by atoms with Crippen molar-refractivity contribution in [3.8, 4) is 11.4 Å². The van der Waals surface area contributed by atoms with Gasteiger partial charge >= 0.3 is 5.97 Å². The normalized spacial score (nSPS) is 17.2. The minimum Gasteiger partial charge on any atom is -0.497 e. The zero-order chi connectivity index (χ0) is 18.7. The summed E-state index contributed by atoms with van der Waals surface area (Å²) in [6, 6.07) is 6.95. The molecule has 1 saturated heterocycles. The van der Waals surface area contributed by atoms with Gasteiger partial charge in [0.2, 0.25) is 0 Å². The van der Waals surface area contributed by atoms with E-state index in [4.69, 9.17) is 9.84 Å². The highest BCUT2D eigenvalue weighted by atomic mass is 32.2. The lowest BCUT2D eigenvalue weighted by atomic mass is 10.1. The van der Waals surface area contributed by atoms with E-state index in [1.54, 1.807) is 35.4 Å². The van der Waals surface area contributed by atoms with E-state index in [0.29, 0.717) is 18.0 Å². The molecule has 9 heteroatoms. The molecular weight excluding hydrogens is 356 g/mol. The van der Waals surface area contributed by atoms with Crippen LogP contribution in [0, 0.1) is 6.92 Å². The maximum absolute atomic E-state index is 12.9. The molecule has 138 valence electrons. The molecule has 1 N–H and O–H groups in total. The third-order valence-corrected chi connectivity index (χ3v) is 5.40. The summed E-state index contributed by atoms with van der Waals surface area (Å²) in [4.78, 5) is 25.6. The van der Waals surface area contributed by atoms with Gasteiger partial charge in [0.15, 0.2) is 5.69 Å². The van der Waals surface area contributed by atoms with Crippen LogP contribution in [0.5, 0.6) is 5.75 Å². The van der Waals surface area contributed by atoms with Gasteiger partial charge in [-0.3, -0.25) is 9.59 Å². The van der Waals surface area contributed by atoms with Crippen molar-refractivity contribution in [1.29, 1.82) is 0 Å². The summed E-state index contributed by atoms with van der Waals surface area (Å²) in [6.07, 6.45) is -0.0651. The number of ether oxygens (including phenoxy) is 1. The molecule has 26 heavy (non-hydrogen) atoms. The first-order chi connectivity index (χ1) is 12.5. The Bertz CT molecular complexity index is 806. The number of amides is 1. The molecule has 1 aliphatic rings. The molecular formula is C17H20N4O4S. The van der Waals surface area contributed by atoms with E-state index in [1.165, 1.54) is 0 Å². The predicted molar refractivity (Wildman–Crippen MR) is 97.1 cm³/mol. The molecule has 1 aromatic heterocycles. The van der Waals surface area contributed by atoms with E-state index in [9.17, 15) is 9.59 Å². The molecule has 3 rings (SSSR count). The highest BCUT2D eigenvalue weighted by Gasteiger charge is 2.32. The van der Waals surface area contributed by atoms with Gasteiger partial charge in [-0.2, -0.15) is 11.8 Å². The molecule has 1 fully saturated rings. The summed E-state index contributed by atoms with van der Waals surface area (Å²) in [7, 11) is 1.59. The predicted octanol–water partition coefficient (Wildman–Crippen LogP) is 1.62. The van der Waals surface area contributed by atoms with Crippen molar-refractivity contribution in [2.24, 2.45) is 0 Å². The van der Waals surface area contributed by atoms with Crippen LogP contribution in [0.25, 0.3) is 5.69 Å². The number of carboxylic acid groups (broad SMARTS) is 1. The van der Waals surface area contributed by atoms with E-state index in [2.05, 4.69) is 10.3 Å². The van der Waals surface area contributed by atoms with Crippen LogP contribution in [-0.2, 0) is 4.79 Å². The fourth-order valence-electron chi connectivity index (χ4n) is 2.92. The zero-order valence-electron chi connectivity index (χ0n) is 14.6. The van der Waals surface area contributed by atoms with E-state index in [-0.39, 0.29) is 24.1 Å². The fourth-order valence-corrected chi connectivity index (χ4v) is 3.99. The Morgan fingerprint density at radius 1 is 1.35 bits per heavy atom. The molecule has 0 aliphatic carbocycles. The first-order valence-corrected chi connectivity index (χ1v) is 9.34. The highest BCUT2D eigenvalue weighted by molar-refractivity contribution is 7.99. The van der Waals surface area contributed by atoms with Crippen LogP contribution in [0.3, 0.4) is 0 Å². The molecule has 1 atom stereocenters. The zero-order valence-corrected chi connectivity index (χ0v) is 15.4. The Hall–Kier alpha value is -2.55. The van der Waals surface area contributed by atoms with Crippen molar-refractivity contribution < 1.29 is 19.4 Å². The number of nitrogens with zero attached hydrogens (tertiary/aromatic N) is 4. The van der Waals surface area contributed by atoms with Crippen LogP contribution in [0.15, 0.2) is 24.3 Å². The molecule has 0 saturated carbocycles. The Morgan fingerprint density at radius 2 is 2.08 bits per heavy atom. The summed E-state index contributed by atoms with van der Waals surface area (Å²) in [5.74, 6) is 0.949. The van der Waals surface area contributed by atoms with Crippen molar-refractivity contribution in [2.75, 3.05) is 25.2 Å². The van der Waals surface area contributed by atoms with Crippen molar-refractivity contribution in [2.45, 2.75) is 19.4 Å². The standard InChI is InChI=1S/C17H20N4O4S/c1-11-16(17(24)20-7-8-26-10-13(20)9-15(22)23)18-19-21(11)12-3-5-14(25-2)6-4-12/h3-6,13H,7-10H2,1-2H3,(H,22,23). The van der Waals surface area contributed by atoms with Crippen LogP contribution in [0.1, 0.15) is 22.6 Å². The number of aromatic nitrogens is 3. The second-order valence-corrected chi connectivity index (χ2v) is 7.11. The lowest BCUT2D eigenvalue weighted by Crippen LogP contribution is -2.47. The van der Waals surface area contributed by atoms with E-state index in [1.807, 2.05) is 24.3 Å². The van der Waals surface area contributed by atoms with Gasteiger partial charge < -0.3 is 14.7 Å². The van der Waals surface area contributed by atoms with Gasteiger partial charge in [-0.25, -0.2) is 4.68 Å². The second-order valence-electron chi connectivity index (χ2n) is 5.96. The Morgan fingerprint density at radius 3 is 2.73 bits per heavy atom. The lowest BCUT2D eigenvalue weighted by molar-refractivity contribution is -0.138. The number of carboxylic acids is 1. The quantitative estimate of drug-likeness (QED) is 0.847. The van der Waals surface area contributed by atoms with E-state index < -0.39 is 5.97 Å². The van der Waals surface area contributed by atoms with Crippen molar-refractivity contribution >= 4 is 23.6 Å². The minimum atomic E-state index is -0.908. The van der Waals surface area contributed by atoms with Gasteiger partial charge in [0.25, 0.3) is 5.91 Å². The minimum absolute atomic E-state index is 0.0651. The summed E-state index contributed by atoms with van der Waals surface area (Å²) < 4.78 is 6.74. The molecule has 1 unspecified atom stereocenters. The first-order valence-electron chi connectivity index (χ1n) is 8.18. The Balaban J connectivity index is 1.85. The molecule has 0 bridgehead atoms. The van der Waals surface area contributed by atoms with Gasteiger partial charge in [0.1, 0.15) is 5.75 Å². The highest BCUT2D eigenvalue weighted by Crippen LogP contribution is 2.23. The van der Waals surface area contributed by atoms with E-state index >= 15 is 0 Å². The summed E-state index contributed by atoms with van der Waals surface area (Å²) in [5, 5.41) is 17.3. The van der Waals surface area contributed by atoms with Gasteiger partial charge in [0.05, 0.1) is 31.0 Å². The average Bonchev–Trinajstić information content (AvgIpc) is 3.02. The monoisotopic (exact) mass is 376 g/mol. The number of aliphatic carboxylic acids is 1. The van der Waals surface area contributed by atoms with Gasteiger partial charge in [-0.1, -0.05) is 5.21 Å². The average molecular weight is 376 g/mol. The van der Waals surface area contributed by atoms with Crippen molar-refractivity contribution in [3.05, 3.63) is 35.7 Å². The Labute approximate surface area is 155 Å². The number of hydrogen-bond donors (Lipinski definition) is 1.